The first-order valence-electron chi connectivity index (χ1n) is 2.82. The third-order valence-electron chi connectivity index (χ3n) is 0.662. The Hall–Kier alpha value is -0.440. The Morgan fingerprint density at radius 2 is 1.80 bits per heavy atom. The van der Waals surface area contributed by atoms with Gasteiger partial charge < -0.3 is 10.1 Å². The van der Waals surface area contributed by atoms with Crippen LogP contribution in [0.5, 0.6) is 0 Å². The second kappa shape index (κ2) is 4.39. The van der Waals surface area contributed by atoms with Gasteiger partial charge in [-0.3, -0.25) is 0 Å². The van der Waals surface area contributed by atoms with Crippen LogP contribution in [0.2, 0.25) is 0 Å². The normalized spacial score (nSPS) is 9.60. The molecule has 0 aliphatic rings. The minimum Gasteiger partial charge on any atom is -0.453 e. The maximum Gasteiger partial charge on any atom is 0.407 e. The molecule has 0 aromatic heterocycles. The van der Waals surface area contributed by atoms with E-state index in [2.05, 4.69) is 10.1 Å². The summed E-state index contributed by atoms with van der Waals surface area (Å²) >= 11 is 0. The third-order valence-corrected chi connectivity index (χ3v) is 0.662. The zero-order valence-corrected chi connectivity index (χ0v) is 7.54. The van der Waals surface area contributed by atoms with E-state index in [9.17, 15) is 4.79 Å². The Kier molecular flexibility index (Phi) is 5.38. The van der Waals surface area contributed by atoms with Crippen LogP contribution in [-0.2, 0) is 4.74 Å². The van der Waals surface area contributed by atoms with E-state index in [0.717, 1.165) is 0 Å². The Balaban J connectivity index is 0. The van der Waals surface area contributed by atoms with Crippen molar-refractivity contribution in [2.75, 3.05) is 7.11 Å². The molecule has 0 aliphatic heterocycles. The maximum atomic E-state index is 10.5. The summed E-state index contributed by atoms with van der Waals surface area (Å²) in [6, 6.07) is 0. The number of nitrogens with one attached hydrogen (secondary N) is 1. The number of amides is 1. The molecule has 4 heteroatoms. The van der Waals surface area contributed by atoms with Crippen molar-refractivity contribution < 1.29 is 9.53 Å². The van der Waals surface area contributed by atoms with E-state index in [4.69, 9.17) is 0 Å². The average Bonchev–Trinajstić information content (AvgIpc) is 1.62. The fraction of sp³-hybridized carbons (Fsp3) is 0.833. The number of rotatable bonds is 0. The lowest BCUT2D eigenvalue weighted by atomic mass is 10.1. The lowest BCUT2D eigenvalue weighted by Crippen LogP contribution is -2.40. The Morgan fingerprint density at radius 3 is 1.90 bits per heavy atom. The molecule has 0 atom stereocenters. The first-order chi connectivity index (χ1) is 3.95. The molecule has 0 heterocycles. The minimum absolute atomic E-state index is 0. The second-order valence-corrected chi connectivity index (χ2v) is 2.87. The summed E-state index contributed by atoms with van der Waals surface area (Å²) in [5.41, 5.74) is -0.201. The van der Waals surface area contributed by atoms with Crippen LogP contribution in [-0.4, -0.2) is 18.7 Å². The van der Waals surface area contributed by atoms with Gasteiger partial charge in [-0.1, -0.05) is 0 Å². The van der Waals surface area contributed by atoms with Crippen LogP contribution in [0.3, 0.4) is 0 Å². The van der Waals surface area contributed by atoms with Crippen LogP contribution in [0.1, 0.15) is 20.8 Å². The SMILES string of the molecule is COC(=O)NC(C)(C)C.Cl. The van der Waals surface area contributed by atoms with Crippen LogP contribution >= 0.6 is 12.4 Å². The van der Waals surface area contributed by atoms with Crippen LogP contribution in [0.4, 0.5) is 4.79 Å². The van der Waals surface area contributed by atoms with Gasteiger partial charge >= 0.3 is 6.09 Å². The number of hydrogen-bond donors (Lipinski definition) is 1. The zero-order chi connectivity index (χ0) is 7.49. The van der Waals surface area contributed by atoms with Gasteiger partial charge in [-0.25, -0.2) is 4.79 Å². The highest BCUT2D eigenvalue weighted by Gasteiger charge is 2.12. The lowest BCUT2D eigenvalue weighted by molar-refractivity contribution is 0.161. The topological polar surface area (TPSA) is 38.3 Å². The van der Waals surface area contributed by atoms with Gasteiger partial charge in [-0.05, 0) is 20.8 Å². The molecule has 0 bridgehead atoms. The molecule has 0 unspecified atom stereocenters. The molecule has 0 aliphatic carbocycles. The predicted octanol–water partition coefficient (Wildman–Crippen LogP) is 1.56. The average molecular weight is 168 g/mol. The van der Waals surface area contributed by atoms with Gasteiger partial charge in [0, 0.05) is 5.54 Å². The number of ether oxygens (including phenoxy) is 1. The molecular weight excluding hydrogens is 154 g/mol. The summed E-state index contributed by atoms with van der Waals surface area (Å²) in [6.07, 6.45) is -0.387. The molecule has 1 amide bonds. The summed E-state index contributed by atoms with van der Waals surface area (Å²) in [7, 11) is 1.35. The van der Waals surface area contributed by atoms with Crippen molar-refractivity contribution in [3.05, 3.63) is 0 Å². The van der Waals surface area contributed by atoms with E-state index in [1.807, 2.05) is 20.8 Å². The number of hydrogen-bond acceptors (Lipinski definition) is 2. The highest BCUT2D eigenvalue weighted by molar-refractivity contribution is 5.85. The van der Waals surface area contributed by atoms with Crippen molar-refractivity contribution in [2.24, 2.45) is 0 Å². The van der Waals surface area contributed by atoms with Gasteiger partial charge in [0.25, 0.3) is 0 Å². The highest BCUT2D eigenvalue weighted by atomic mass is 35.5. The Morgan fingerprint density at radius 1 is 1.40 bits per heavy atom. The van der Waals surface area contributed by atoms with Gasteiger partial charge in [0.2, 0.25) is 0 Å². The van der Waals surface area contributed by atoms with Gasteiger partial charge in [0.05, 0.1) is 7.11 Å². The summed E-state index contributed by atoms with van der Waals surface area (Å²) < 4.78 is 4.38. The zero-order valence-electron chi connectivity index (χ0n) is 6.72. The van der Waals surface area contributed by atoms with Crippen molar-refractivity contribution in [2.45, 2.75) is 26.3 Å². The predicted molar refractivity (Wildman–Crippen MR) is 42.5 cm³/mol. The molecule has 0 fully saturated rings. The monoisotopic (exact) mass is 167 g/mol. The number of carbonyl (C=O) groups is 1. The molecule has 0 aromatic carbocycles. The van der Waals surface area contributed by atoms with Crippen molar-refractivity contribution >= 4 is 18.5 Å². The summed E-state index contributed by atoms with van der Waals surface area (Å²) in [4.78, 5) is 10.5. The Bertz CT molecular complexity index is 109. The molecule has 0 spiro atoms. The molecule has 0 saturated heterocycles. The molecule has 1 N–H and O–H groups in total. The quantitative estimate of drug-likeness (QED) is 0.595. The van der Waals surface area contributed by atoms with Crippen LogP contribution < -0.4 is 5.32 Å². The molecule has 0 radical (unpaired) electrons. The smallest absolute Gasteiger partial charge is 0.407 e. The molecule has 3 nitrogen and oxygen atoms in total. The molecular formula is C6H14ClNO2. The van der Waals surface area contributed by atoms with Crippen LogP contribution in [0.15, 0.2) is 0 Å². The van der Waals surface area contributed by atoms with E-state index < -0.39 is 0 Å². The standard InChI is InChI=1S/C6H13NO2.ClH/c1-6(2,3)7-5(8)9-4;/h1-4H3,(H,7,8);1H. The summed E-state index contributed by atoms with van der Waals surface area (Å²) in [6.45, 7) is 5.68. The van der Waals surface area contributed by atoms with Crippen molar-refractivity contribution in [3.8, 4) is 0 Å². The van der Waals surface area contributed by atoms with E-state index >= 15 is 0 Å². The highest BCUT2D eigenvalue weighted by Crippen LogP contribution is 1.97. The molecule has 0 saturated carbocycles. The molecule has 0 rings (SSSR count). The first kappa shape index (κ1) is 12.3. The van der Waals surface area contributed by atoms with Gasteiger partial charge in [0.1, 0.15) is 0 Å². The number of alkyl carbamates (subject to hydrolysis) is 1. The van der Waals surface area contributed by atoms with E-state index in [1.54, 1.807) is 0 Å². The van der Waals surface area contributed by atoms with E-state index in [0.29, 0.717) is 0 Å². The molecule has 62 valence electrons. The van der Waals surface area contributed by atoms with E-state index in [1.165, 1.54) is 7.11 Å². The largest absolute Gasteiger partial charge is 0.453 e. The summed E-state index contributed by atoms with van der Waals surface area (Å²) in [5, 5.41) is 2.61. The fourth-order valence-corrected chi connectivity index (χ4v) is 0.357. The lowest BCUT2D eigenvalue weighted by Gasteiger charge is -2.18. The number of halogens is 1. The van der Waals surface area contributed by atoms with Crippen molar-refractivity contribution in [1.82, 2.24) is 5.32 Å². The fourth-order valence-electron chi connectivity index (χ4n) is 0.357. The van der Waals surface area contributed by atoms with Crippen LogP contribution in [0, 0.1) is 0 Å². The molecule has 10 heavy (non-hydrogen) atoms. The van der Waals surface area contributed by atoms with Crippen molar-refractivity contribution in [3.63, 3.8) is 0 Å². The van der Waals surface area contributed by atoms with Gasteiger partial charge in [-0.15, -0.1) is 12.4 Å². The first-order valence-corrected chi connectivity index (χ1v) is 2.82. The van der Waals surface area contributed by atoms with Gasteiger partial charge in [-0.2, -0.15) is 0 Å². The number of methoxy groups -OCH3 is 1. The van der Waals surface area contributed by atoms with Crippen molar-refractivity contribution in [1.29, 1.82) is 0 Å². The summed E-state index contributed by atoms with van der Waals surface area (Å²) in [5.74, 6) is 0. The third kappa shape index (κ3) is 7.56. The van der Waals surface area contributed by atoms with Crippen LogP contribution in [0.25, 0.3) is 0 Å². The minimum atomic E-state index is -0.387. The molecule has 0 aromatic rings. The van der Waals surface area contributed by atoms with E-state index in [-0.39, 0.29) is 24.0 Å². The maximum absolute atomic E-state index is 10.5. The van der Waals surface area contributed by atoms with Gasteiger partial charge in [0.15, 0.2) is 0 Å². The number of carbonyl (C=O) groups excluding carboxylic acids is 1. The Labute approximate surface area is 67.5 Å². The second-order valence-electron chi connectivity index (χ2n) is 2.87.